The van der Waals surface area contributed by atoms with E-state index in [1.807, 2.05) is 0 Å². The van der Waals surface area contributed by atoms with Crippen molar-refractivity contribution in [3.05, 3.63) is 12.4 Å². The Labute approximate surface area is 116 Å². The monoisotopic (exact) mass is 286 g/mol. The average Bonchev–Trinajstić information content (AvgIpc) is 2.85. The predicted octanol–water partition coefficient (Wildman–Crippen LogP) is 2.94. The SMILES string of the molecule is CN(C(=O)Nc1cnn(CC(F)F)c1)C1CCCCC1. The molecule has 1 saturated carbocycles. The summed E-state index contributed by atoms with van der Waals surface area (Å²) >= 11 is 0. The Kier molecular flexibility index (Phi) is 4.92. The first kappa shape index (κ1) is 14.7. The second-order valence-electron chi connectivity index (χ2n) is 5.18. The lowest BCUT2D eigenvalue weighted by Gasteiger charge is -2.31. The van der Waals surface area contributed by atoms with E-state index < -0.39 is 13.0 Å². The Hall–Kier alpha value is -1.66. The minimum Gasteiger partial charge on any atom is -0.325 e. The molecule has 7 heteroatoms. The zero-order valence-electron chi connectivity index (χ0n) is 11.6. The van der Waals surface area contributed by atoms with Crippen LogP contribution in [0.4, 0.5) is 19.3 Å². The Morgan fingerprint density at radius 1 is 1.50 bits per heavy atom. The average molecular weight is 286 g/mol. The molecule has 2 amide bonds. The smallest absolute Gasteiger partial charge is 0.321 e. The van der Waals surface area contributed by atoms with Gasteiger partial charge in [-0.05, 0) is 12.8 Å². The van der Waals surface area contributed by atoms with Crippen molar-refractivity contribution < 1.29 is 13.6 Å². The fourth-order valence-corrected chi connectivity index (χ4v) is 2.52. The molecule has 0 aliphatic heterocycles. The zero-order chi connectivity index (χ0) is 14.5. The lowest BCUT2D eigenvalue weighted by Crippen LogP contribution is -2.40. The maximum atomic E-state index is 12.2. The standard InChI is InChI=1S/C13H20F2N4O/c1-18(11-5-3-2-4-6-11)13(20)17-10-7-16-19(8-10)9-12(14)15/h7-8,11-12H,2-6,9H2,1H3,(H,17,20). The third-order valence-electron chi connectivity index (χ3n) is 3.65. The molecule has 1 aromatic heterocycles. The number of nitrogens with zero attached hydrogens (tertiary/aromatic N) is 3. The Morgan fingerprint density at radius 3 is 2.85 bits per heavy atom. The van der Waals surface area contributed by atoms with Crippen LogP contribution >= 0.6 is 0 Å². The first-order valence-electron chi connectivity index (χ1n) is 6.90. The number of anilines is 1. The molecule has 0 saturated heterocycles. The van der Waals surface area contributed by atoms with Gasteiger partial charge in [-0.3, -0.25) is 4.68 Å². The van der Waals surface area contributed by atoms with Crippen molar-refractivity contribution in [2.24, 2.45) is 0 Å². The quantitative estimate of drug-likeness (QED) is 0.925. The molecule has 1 fully saturated rings. The number of carbonyl (C=O) groups excluding carboxylic acids is 1. The Bertz CT molecular complexity index is 443. The number of hydrogen-bond donors (Lipinski definition) is 1. The first-order chi connectivity index (χ1) is 9.56. The normalized spacial score (nSPS) is 16.4. The number of urea groups is 1. The molecule has 1 N–H and O–H groups in total. The zero-order valence-corrected chi connectivity index (χ0v) is 11.6. The summed E-state index contributed by atoms with van der Waals surface area (Å²) in [4.78, 5) is 13.8. The fraction of sp³-hybridized carbons (Fsp3) is 0.692. The third-order valence-corrected chi connectivity index (χ3v) is 3.65. The molecule has 0 spiro atoms. The molecule has 112 valence electrons. The van der Waals surface area contributed by atoms with Crippen LogP contribution in [0.5, 0.6) is 0 Å². The highest BCUT2D eigenvalue weighted by molar-refractivity contribution is 5.89. The summed E-state index contributed by atoms with van der Waals surface area (Å²) in [7, 11) is 1.77. The van der Waals surface area contributed by atoms with Crippen molar-refractivity contribution in [3.8, 4) is 0 Å². The number of hydrogen-bond acceptors (Lipinski definition) is 2. The van der Waals surface area contributed by atoms with Crippen molar-refractivity contribution >= 4 is 11.7 Å². The van der Waals surface area contributed by atoms with Crippen molar-refractivity contribution in [2.45, 2.75) is 51.1 Å². The summed E-state index contributed by atoms with van der Waals surface area (Å²) < 4.78 is 25.5. The topological polar surface area (TPSA) is 50.2 Å². The largest absolute Gasteiger partial charge is 0.325 e. The molecule has 5 nitrogen and oxygen atoms in total. The fourth-order valence-electron chi connectivity index (χ4n) is 2.52. The van der Waals surface area contributed by atoms with Crippen molar-refractivity contribution in [2.75, 3.05) is 12.4 Å². The van der Waals surface area contributed by atoms with Gasteiger partial charge in [0.05, 0.1) is 11.9 Å². The molecule has 0 radical (unpaired) electrons. The van der Waals surface area contributed by atoms with Crippen LogP contribution in [0.3, 0.4) is 0 Å². The second-order valence-corrected chi connectivity index (χ2v) is 5.18. The maximum absolute atomic E-state index is 12.2. The van der Waals surface area contributed by atoms with Crippen molar-refractivity contribution in [1.82, 2.24) is 14.7 Å². The lowest BCUT2D eigenvalue weighted by atomic mass is 9.95. The van der Waals surface area contributed by atoms with Gasteiger partial charge in [0.1, 0.15) is 6.54 Å². The Morgan fingerprint density at radius 2 is 2.20 bits per heavy atom. The van der Waals surface area contributed by atoms with E-state index in [0.717, 1.165) is 30.4 Å². The van der Waals surface area contributed by atoms with Gasteiger partial charge in [-0.2, -0.15) is 5.10 Å². The van der Waals surface area contributed by atoms with Crippen LogP contribution in [0.25, 0.3) is 0 Å². The summed E-state index contributed by atoms with van der Waals surface area (Å²) in [6.45, 7) is -0.464. The molecule has 0 atom stereocenters. The van der Waals surface area contributed by atoms with Crippen molar-refractivity contribution in [3.63, 3.8) is 0 Å². The van der Waals surface area contributed by atoms with E-state index in [1.54, 1.807) is 11.9 Å². The minimum atomic E-state index is -2.46. The van der Waals surface area contributed by atoms with Crippen molar-refractivity contribution in [1.29, 1.82) is 0 Å². The summed E-state index contributed by atoms with van der Waals surface area (Å²) in [5.41, 5.74) is 0.443. The molecule has 0 aromatic carbocycles. The number of carbonyl (C=O) groups is 1. The van der Waals surface area contributed by atoms with Gasteiger partial charge >= 0.3 is 6.03 Å². The van der Waals surface area contributed by atoms with E-state index in [-0.39, 0.29) is 12.1 Å². The van der Waals surface area contributed by atoms with E-state index >= 15 is 0 Å². The molecule has 1 aromatic rings. The lowest BCUT2D eigenvalue weighted by molar-refractivity contribution is 0.122. The predicted molar refractivity (Wildman–Crippen MR) is 71.9 cm³/mol. The molecule has 0 bridgehead atoms. The molecule has 0 unspecified atom stereocenters. The van der Waals surface area contributed by atoms with E-state index in [9.17, 15) is 13.6 Å². The first-order valence-corrected chi connectivity index (χ1v) is 6.90. The van der Waals surface area contributed by atoms with Crippen LogP contribution in [0.2, 0.25) is 0 Å². The number of alkyl halides is 2. The van der Waals surface area contributed by atoms with Gasteiger partial charge in [0.25, 0.3) is 6.43 Å². The molecule has 1 aliphatic rings. The summed E-state index contributed by atoms with van der Waals surface area (Å²) in [6.07, 6.45) is 5.91. The maximum Gasteiger partial charge on any atom is 0.321 e. The van der Waals surface area contributed by atoms with Gasteiger partial charge in [0.15, 0.2) is 0 Å². The Balaban J connectivity index is 1.88. The van der Waals surface area contributed by atoms with Gasteiger partial charge in [-0.25, -0.2) is 13.6 Å². The van der Waals surface area contributed by atoms with Gasteiger partial charge < -0.3 is 10.2 Å². The molecular weight excluding hydrogens is 266 g/mol. The number of nitrogens with one attached hydrogen (secondary N) is 1. The highest BCUT2D eigenvalue weighted by Crippen LogP contribution is 2.22. The van der Waals surface area contributed by atoms with Crippen LogP contribution in [0.1, 0.15) is 32.1 Å². The van der Waals surface area contributed by atoms with Gasteiger partial charge in [-0.1, -0.05) is 19.3 Å². The molecule has 2 rings (SSSR count). The number of amides is 2. The van der Waals surface area contributed by atoms with Gasteiger partial charge in [0, 0.05) is 19.3 Å². The van der Waals surface area contributed by atoms with E-state index in [4.69, 9.17) is 0 Å². The second kappa shape index (κ2) is 6.67. The summed E-state index contributed by atoms with van der Waals surface area (Å²) in [5.74, 6) is 0. The van der Waals surface area contributed by atoms with Crippen LogP contribution in [0.15, 0.2) is 12.4 Å². The highest BCUT2D eigenvalue weighted by atomic mass is 19.3. The van der Waals surface area contributed by atoms with Crippen LogP contribution in [-0.4, -0.2) is 40.2 Å². The van der Waals surface area contributed by atoms with Crippen LogP contribution in [-0.2, 0) is 6.54 Å². The van der Waals surface area contributed by atoms with Gasteiger partial charge in [0.2, 0.25) is 0 Å². The molecular formula is C13H20F2N4O. The van der Waals surface area contributed by atoms with Gasteiger partial charge in [-0.15, -0.1) is 0 Å². The van der Waals surface area contributed by atoms with Crippen LogP contribution in [0, 0.1) is 0 Å². The number of aromatic nitrogens is 2. The number of halogens is 2. The summed E-state index contributed by atoms with van der Waals surface area (Å²) in [5, 5.41) is 6.48. The minimum absolute atomic E-state index is 0.214. The highest BCUT2D eigenvalue weighted by Gasteiger charge is 2.22. The molecule has 20 heavy (non-hydrogen) atoms. The van der Waals surface area contributed by atoms with E-state index in [1.165, 1.54) is 18.8 Å². The number of rotatable bonds is 4. The van der Waals surface area contributed by atoms with E-state index in [0.29, 0.717) is 5.69 Å². The molecule has 1 heterocycles. The molecule has 1 aliphatic carbocycles. The third kappa shape index (κ3) is 3.91. The van der Waals surface area contributed by atoms with E-state index in [2.05, 4.69) is 10.4 Å². The summed E-state index contributed by atoms with van der Waals surface area (Å²) in [6, 6.07) is 0.0494. The van der Waals surface area contributed by atoms with Crippen LogP contribution < -0.4 is 5.32 Å².